The normalized spacial score (nSPS) is 13.9. The van der Waals surface area contributed by atoms with Gasteiger partial charge in [-0.3, -0.25) is 37.3 Å². The maximum Gasteiger partial charge on any atom is 0.472 e. The zero-order valence-corrected chi connectivity index (χ0v) is 74.2. The summed E-state index contributed by atoms with van der Waals surface area (Å²) < 4.78 is 69.0. The standard InChI is InChI=1S/C91H178O17P2/c1-6-10-13-16-19-22-24-26-28-30-32-33-34-39-42-46-50-55-60-65-70-75-89(94)102-81-87(108-91(96)77-72-67-62-57-52-48-44-40-36-35-37-41-45-49-54-58-63-68-73-84(5)9-4)83-106-110(99,100)104-79-85(92)78-103-109(97,98)105-82-86(80-101-88(93)74-69-64-59-53-21-18-15-12-8-3)107-90(95)76-71-66-61-56-51-47-43-38-31-29-27-25-23-20-17-14-11-7-2/h84-87,92H,6-83H2,1-5H3,(H,97,98)(H,99,100)/t84?,85-,86+,87+/m0/s1. The number of hydrogen-bond acceptors (Lipinski definition) is 15. The van der Waals surface area contributed by atoms with Crippen LogP contribution in [0.15, 0.2) is 0 Å². The molecule has 654 valence electrons. The van der Waals surface area contributed by atoms with Crippen LogP contribution in [0.2, 0.25) is 0 Å². The van der Waals surface area contributed by atoms with Crippen molar-refractivity contribution >= 4 is 39.5 Å². The van der Waals surface area contributed by atoms with E-state index in [2.05, 4.69) is 34.6 Å². The first kappa shape index (κ1) is 108. The van der Waals surface area contributed by atoms with E-state index in [4.69, 9.17) is 37.0 Å². The molecule has 0 bridgehead atoms. The minimum atomic E-state index is -4.97. The first-order chi connectivity index (χ1) is 53.6. The molecule has 110 heavy (non-hydrogen) atoms. The highest BCUT2D eigenvalue weighted by molar-refractivity contribution is 7.47. The number of hydrogen-bond donors (Lipinski definition) is 3. The van der Waals surface area contributed by atoms with Gasteiger partial charge in [0.05, 0.1) is 26.4 Å². The van der Waals surface area contributed by atoms with Crippen LogP contribution in [-0.2, 0) is 65.4 Å². The Labute approximate surface area is 677 Å². The van der Waals surface area contributed by atoms with Gasteiger partial charge >= 0.3 is 39.5 Å². The first-order valence-corrected chi connectivity index (χ1v) is 50.2. The lowest BCUT2D eigenvalue weighted by Gasteiger charge is -2.21. The molecule has 0 fully saturated rings. The minimum absolute atomic E-state index is 0.109. The predicted octanol–water partition coefficient (Wildman–Crippen LogP) is 28.3. The molecule has 0 aliphatic carbocycles. The molecule has 0 rings (SSSR count). The van der Waals surface area contributed by atoms with Crippen LogP contribution in [-0.4, -0.2) is 96.7 Å². The molecule has 17 nitrogen and oxygen atoms in total. The molecule has 0 radical (unpaired) electrons. The first-order valence-electron chi connectivity index (χ1n) is 47.2. The average molecular weight is 1610 g/mol. The van der Waals surface area contributed by atoms with E-state index in [0.717, 1.165) is 95.8 Å². The fourth-order valence-corrected chi connectivity index (χ4v) is 15.9. The third-order valence-corrected chi connectivity index (χ3v) is 23.8. The van der Waals surface area contributed by atoms with E-state index < -0.39 is 97.5 Å². The Hall–Kier alpha value is -1.94. The zero-order chi connectivity index (χ0) is 80.4. The Morgan fingerprint density at radius 3 is 0.645 bits per heavy atom. The number of carbonyl (C=O) groups is 4. The SMILES string of the molecule is CCCCCCCCCCCCCCCCCCCCCCCC(=O)OC[C@H](COP(=O)(O)OC[C@@H](O)COP(=O)(O)OC[C@@H](COC(=O)CCCCCCCCCCC)OC(=O)CCCCCCCCCCCCCCCCCCCC)OC(=O)CCCCCCCCCCCCCCCCCCCCC(C)CC. The van der Waals surface area contributed by atoms with Crippen LogP contribution in [0.5, 0.6) is 0 Å². The molecule has 0 aliphatic heterocycles. The number of unbranched alkanes of at least 4 members (excludes halogenated alkanes) is 62. The van der Waals surface area contributed by atoms with E-state index in [0.29, 0.717) is 25.7 Å². The van der Waals surface area contributed by atoms with E-state index in [1.807, 2.05) is 0 Å². The average Bonchev–Trinajstić information content (AvgIpc) is 0.898. The summed E-state index contributed by atoms with van der Waals surface area (Å²) in [7, 11) is -9.93. The Kier molecular flexibility index (Phi) is 82.1. The fourth-order valence-electron chi connectivity index (χ4n) is 14.3. The number of phosphoric ester groups is 2. The summed E-state index contributed by atoms with van der Waals surface area (Å²) in [6.45, 7) is 7.44. The van der Waals surface area contributed by atoms with Gasteiger partial charge in [0.2, 0.25) is 0 Å². The van der Waals surface area contributed by atoms with Crippen molar-refractivity contribution in [3.8, 4) is 0 Å². The van der Waals surface area contributed by atoms with Gasteiger partial charge in [-0.2, -0.15) is 0 Å². The third kappa shape index (κ3) is 82.6. The lowest BCUT2D eigenvalue weighted by atomic mass is 9.99. The lowest BCUT2D eigenvalue weighted by Crippen LogP contribution is -2.30. The summed E-state index contributed by atoms with van der Waals surface area (Å²) in [4.78, 5) is 73.3. The van der Waals surface area contributed by atoms with Gasteiger partial charge in [0.1, 0.15) is 19.3 Å². The molecule has 0 spiro atoms. The van der Waals surface area contributed by atoms with Crippen LogP contribution in [0, 0.1) is 5.92 Å². The highest BCUT2D eigenvalue weighted by atomic mass is 31.2. The van der Waals surface area contributed by atoms with E-state index in [-0.39, 0.29) is 25.7 Å². The molecule has 0 aromatic heterocycles. The zero-order valence-electron chi connectivity index (χ0n) is 72.4. The number of phosphoric acid groups is 2. The highest BCUT2D eigenvalue weighted by Gasteiger charge is 2.31. The summed E-state index contributed by atoms with van der Waals surface area (Å²) in [6.07, 6.45) is 79.3. The Balaban J connectivity index is 5.19. The van der Waals surface area contributed by atoms with Crippen molar-refractivity contribution in [1.29, 1.82) is 0 Å². The molecule has 0 aromatic carbocycles. The second-order valence-corrected chi connectivity index (χ2v) is 35.8. The highest BCUT2D eigenvalue weighted by Crippen LogP contribution is 2.45. The van der Waals surface area contributed by atoms with E-state index in [9.17, 15) is 43.2 Å². The summed E-state index contributed by atoms with van der Waals surface area (Å²) in [5, 5.41) is 10.7. The second-order valence-electron chi connectivity index (χ2n) is 32.9. The van der Waals surface area contributed by atoms with E-state index >= 15 is 0 Å². The predicted molar refractivity (Wildman–Crippen MR) is 455 cm³/mol. The summed E-state index contributed by atoms with van der Waals surface area (Å²) in [5.74, 6) is -1.22. The Bertz CT molecular complexity index is 2080. The molecule has 19 heteroatoms. The van der Waals surface area contributed by atoms with Gasteiger partial charge in [-0.1, -0.05) is 446 Å². The number of rotatable bonds is 91. The molecule has 0 aliphatic rings. The molecule has 6 atom stereocenters. The molecule has 0 saturated heterocycles. The fraction of sp³-hybridized carbons (Fsp3) is 0.956. The minimum Gasteiger partial charge on any atom is -0.462 e. The van der Waals surface area contributed by atoms with Crippen LogP contribution in [0.25, 0.3) is 0 Å². The van der Waals surface area contributed by atoms with Gasteiger partial charge in [0, 0.05) is 25.7 Å². The van der Waals surface area contributed by atoms with Gasteiger partial charge in [-0.15, -0.1) is 0 Å². The van der Waals surface area contributed by atoms with Gasteiger partial charge in [0.15, 0.2) is 12.2 Å². The number of carbonyl (C=O) groups excluding carboxylic acids is 4. The van der Waals surface area contributed by atoms with Crippen LogP contribution >= 0.6 is 15.6 Å². The van der Waals surface area contributed by atoms with Crippen molar-refractivity contribution in [3.63, 3.8) is 0 Å². The molecular formula is C91H178O17P2. The van der Waals surface area contributed by atoms with Gasteiger partial charge < -0.3 is 33.8 Å². The summed E-state index contributed by atoms with van der Waals surface area (Å²) >= 11 is 0. The smallest absolute Gasteiger partial charge is 0.462 e. The van der Waals surface area contributed by atoms with Crippen molar-refractivity contribution in [2.24, 2.45) is 5.92 Å². The molecule has 0 aromatic rings. The Morgan fingerprint density at radius 2 is 0.436 bits per heavy atom. The van der Waals surface area contributed by atoms with Crippen molar-refractivity contribution in [1.82, 2.24) is 0 Å². The molecular weight excluding hydrogens is 1430 g/mol. The Morgan fingerprint density at radius 1 is 0.255 bits per heavy atom. The maximum atomic E-state index is 13.2. The molecule has 3 unspecified atom stereocenters. The molecule has 3 N–H and O–H groups in total. The van der Waals surface area contributed by atoms with Crippen LogP contribution in [0.3, 0.4) is 0 Å². The number of esters is 4. The van der Waals surface area contributed by atoms with Crippen LogP contribution in [0.4, 0.5) is 0 Å². The van der Waals surface area contributed by atoms with Crippen LogP contribution < -0.4 is 0 Å². The van der Waals surface area contributed by atoms with Gasteiger partial charge in [0.25, 0.3) is 0 Å². The summed E-state index contributed by atoms with van der Waals surface area (Å²) in [6, 6.07) is 0. The molecule has 0 saturated carbocycles. The van der Waals surface area contributed by atoms with Crippen molar-refractivity contribution in [2.45, 2.75) is 515 Å². The topological polar surface area (TPSA) is 237 Å². The van der Waals surface area contributed by atoms with Crippen molar-refractivity contribution in [3.05, 3.63) is 0 Å². The van der Waals surface area contributed by atoms with Crippen molar-refractivity contribution in [2.75, 3.05) is 39.6 Å². The molecule has 0 heterocycles. The number of ether oxygens (including phenoxy) is 4. The monoisotopic (exact) mass is 1610 g/mol. The number of aliphatic hydroxyl groups excluding tert-OH is 1. The van der Waals surface area contributed by atoms with E-state index in [1.54, 1.807) is 0 Å². The molecule has 0 amide bonds. The van der Waals surface area contributed by atoms with Gasteiger partial charge in [-0.25, -0.2) is 9.13 Å². The quantitative estimate of drug-likeness (QED) is 0.0222. The number of aliphatic hydroxyl groups is 1. The van der Waals surface area contributed by atoms with Crippen molar-refractivity contribution < 1.29 is 80.2 Å². The lowest BCUT2D eigenvalue weighted by molar-refractivity contribution is -0.161. The third-order valence-electron chi connectivity index (χ3n) is 21.9. The summed E-state index contributed by atoms with van der Waals surface area (Å²) in [5.41, 5.74) is 0. The maximum absolute atomic E-state index is 13.2. The second kappa shape index (κ2) is 83.5. The van der Waals surface area contributed by atoms with E-state index in [1.165, 1.54) is 321 Å². The van der Waals surface area contributed by atoms with Gasteiger partial charge in [-0.05, 0) is 31.6 Å². The van der Waals surface area contributed by atoms with Crippen LogP contribution in [0.1, 0.15) is 497 Å². The largest absolute Gasteiger partial charge is 0.472 e.